The van der Waals surface area contributed by atoms with Gasteiger partial charge in [0.1, 0.15) is 12.4 Å². The van der Waals surface area contributed by atoms with Crippen LogP contribution in [0.4, 0.5) is 5.69 Å². The highest BCUT2D eigenvalue weighted by molar-refractivity contribution is 7.90. The van der Waals surface area contributed by atoms with Gasteiger partial charge in [0.15, 0.2) is 0 Å². The Morgan fingerprint density at radius 2 is 2.00 bits per heavy atom. The molecule has 2 aliphatic heterocycles. The summed E-state index contributed by atoms with van der Waals surface area (Å²) < 4.78 is 42.0. The molecule has 2 amide bonds. The minimum atomic E-state index is -3.92. The number of carbonyl (C=O) groups is 2. The Bertz CT molecular complexity index is 1640. The number of fused-ring (bicyclic) bond motifs is 4. The standard InChI is InChI=1S/C36H46ClN3O6S/c1-4-28-9-5-6-10-32(45-21-34(41)39(2)3)29-14-11-26(29)20-40-22-36(17-7-8-24-18-27(37)13-15-30(24)36)23-46-33-16-12-25(19-31(33)40)35(42)38-47(28,43)44/h6,10,12-13,15-16,18-19,26,28-29,32H,4-5,7-9,11,14,17,20-23H2,1-3H3,(H,38,42)/b10-6-/t26-,28+,29+,32-,36-/m0/s1. The average Bonchev–Trinajstić information content (AvgIpc) is 3.17. The van der Waals surface area contributed by atoms with Crippen LogP contribution in [-0.4, -0.2) is 76.9 Å². The highest BCUT2D eigenvalue weighted by atomic mass is 35.5. The molecule has 2 aromatic carbocycles. The number of carbonyl (C=O) groups excluding carboxylic acids is 2. The number of amides is 2. The van der Waals surface area contributed by atoms with E-state index in [9.17, 15) is 18.0 Å². The van der Waals surface area contributed by atoms with Crippen LogP contribution in [-0.2, 0) is 31.4 Å². The topological polar surface area (TPSA) is 105 Å². The van der Waals surface area contributed by atoms with Crippen molar-refractivity contribution in [3.63, 3.8) is 0 Å². The fourth-order valence-electron chi connectivity index (χ4n) is 7.77. The Balaban J connectivity index is 1.40. The molecule has 1 N–H and O–H groups in total. The van der Waals surface area contributed by atoms with E-state index in [-0.39, 0.29) is 41.4 Å². The lowest BCUT2D eigenvalue weighted by Crippen LogP contribution is -2.50. The van der Waals surface area contributed by atoms with Gasteiger partial charge in [-0.3, -0.25) is 9.59 Å². The number of nitrogens with one attached hydrogen (secondary N) is 1. The van der Waals surface area contributed by atoms with E-state index in [1.807, 2.05) is 25.1 Å². The molecular weight excluding hydrogens is 638 g/mol. The lowest BCUT2D eigenvalue weighted by atomic mass is 9.68. The van der Waals surface area contributed by atoms with Gasteiger partial charge >= 0.3 is 0 Å². The predicted octanol–water partition coefficient (Wildman–Crippen LogP) is 5.50. The number of hydrogen-bond donors (Lipinski definition) is 1. The molecule has 1 fully saturated rings. The van der Waals surface area contributed by atoms with Crippen molar-refractivity contribution in [1.29, 1.82) is 0 Å². The van der Waals surface area contributed by atoms with Gasteiger partial charge in [0.25, 0.3) is 5.91 Å². The molecule has 6 rings (SSSR count). The third kappa shape index (κ3) is 7.06. The number of aryl methyl sites for hydroxylation is 1. The van der Waals surface area contributed by atoms with Gasteiger partial charge in [-0.15, -0.1) is 0 Å². The molecule has 5 atom stereocenters. The molecule has 0 unspecified atom stereocenters. The normalized spacial score (nSPS) is 29.3. The zero-order chi connectivity index (χ0) is 33.3. The molecule has 2 aromatic rings. The van der Waals surface area contributed by atoms with E-state index in [2.05, 4.69) is 21.8 Å². The van der Waals surface area contributed by atoms with Crippen molar-refractivity contribution >= 4 is 39.1 Å². The first-order chi connectivity index (χ1) is 22.5. The zero-order valence-electron chi connectivity index (χ0n) is 27.5. The quantitative estimate of drug-likeness (QED) is 0.425. The SMILES string of the molecule is CC[C@@H]1CC/C=C\[C@H](OCC(=O)N(C)C)[C@@H]2CC[C@H]2CN2C[C@@]3(CCCc4cc(Cl)ccc43)COc3ccc(cc32)C(=O)NS1(=O)=O. The van der Waals surface area contributed by atoms with Gasteiger partial charge in [-0.1, -0.05) is 36.7 Å². The van der Waals surface area contributed by atoms with Crippen molar-refractivity contribution in [1.82, 2.24) is 9.62 Å². The fourth-order valence-corrected chi connectivity index (χ4v) is 9.40. The summed E-state index contributed by atoms with van der Waals surface area (Å²) in [7, 11) is -0.484. The third-order valence-electron chi connectivity index (χ3n) is 10.7. The molecule has 0 radical (unpaired) electrons. The van der Waals surface area contributed by atoms with Crippen LogP contribution in [0.3, 0.4) is 0 Å². The van der Waals surface area contributed by atoms with Crippen molar-refractivity contribution in [2.24, 2.45) is 11.8 Å². The third-order valence-corrected chi connectivity index (χ3v) is 12.8. The Morgan fingerprint density at radius 3 is 2.74 bits per heavy atom. The summed E-state index contributed by atoms with van der Waals surface area (Å²) in [6, 6.07) is 11.4. The van der Waals surface area contributed by atoms with Gasteiger partial charge in [0, 0.05) is 43.2 Å². The van der Waals surface area contributed by atoms with Gasteiger partial charge < -0.3 is 19.3 Å². The van der Waals surface area contributed by atoms with E-state index in [4.69, 9.17) is 21.1 Å². The van der Waals surface area contributed by atoms with Crippen LogP contribution in [0.25, 0.3) is 0 Å². The van der Waals surface area contributed by atoms with Crippen LogP contribution in [0.5, 0.6) is 5.75 Å². The van der Waals surface area contributed by atoms with Gasteiger partial charge in [-0.05, 0) is 105 Å². The zero-order valence-corrected chi connectivity index (χ0v) is 29.1. The van der Waals surface area contributed by atoms with Crippen molar-refractivity contribution in [3.05, 3.63) is 70.3 Å². The highest BCUT2D eigenvalue weighted by Crippen LogP contribution is 2.47. The van der Waals surface area contributed by atoms with Crippen LogP contribution in [0, 0.1) is 11.8 Å². The number of anilines is 1. The molecule has 2 bridgehead atoms. The molecule has 2 aliphatic carbocycles. The average molecular weight is 684 g/mol. The van der Waals surface area contributed by atoms with E-state index >= 15 is 0 Å². The molecule has 2 heterocycles. The molecule has 4 aliphatic rings. The van der Waals surface area contributed by atoms with Crippen molar-refractivity contribution < 1.29 is 27.5 Å². The number of benzene rings is 2. The van der Waals surface area contributed by atoms with E-state index in [1.54, 1.807) is 32.3 Å². The largest absolute Gasteiger partial charge is 0.490 e. The maximum Gasteiger partial charge on any atom is 0.264 e. The smallest absolute Gasteiger partial charge is 0.264 e. The lowest BCUT2D eigenvalue weighted by Gasteiger charge is -2.46. The van der Waals surface area contributed by atoms with Crippen molar-refractivity contribution in [2.45, 2.75) is 75.1 Å². The van der Waals surface area contributed by atoms with Gasteiger partial charge in [-0.25, -0.2) is 13.1 Å². The molecule has 1 spiro atoms. The number of rotatable bonds is 4. The monoisotopic (exact) mass is 683 g/mol. The van der Waals surface area contributed by atoms with Crippen LogP contribution in [0.2, 0.25) is 5.02 Å². The molecule has 47 heavy (non-hydrogen) atoms. The molecule has 0 saturated heterocycles. The first-order valence-corrected chi connectivity index (χ1v) is 18.8. The number of hydrogen-bond acceptors (Lipinski definition) is 7. The number of ether oxygens (including phenoxy) is 2. The summed E-state index contributed by atoms with van der Waals surface area (Å²) in [5.74, 6) is 0.413. The van der Waals surface area contributed by atoms with Crippen molar-refractivity contribution in [2.75, 3.05) is 45.3 Å². The number of nitrogens with zero attached hydrogens (tertiary/aromatic N) is 2. The number of allylic oxidation sites excluding steroid dienone is 1. The number of sulfonamides is 1. The summed E-state index contributed by atoms with van der Waals surface area (Å²) in [5.41, 5.74) is 3.27. The van der Waals surface area contributed by atoms with Crippen LogP contribution < -0.4 is 14.4 Å². The van der Waals surface area contributed by atoms with Crippen LogP contribution >= 0.6 is 11.6 Å². The predicted molar refractivity (Wildman–Crippen MR) is 184 cm³/mol. The first kappa shape index (κ1) is 33.8. The Labute approximate surface area is 283 Å². The summed E-state index contributed by atoms with van der Waals surface area (Å²) in [5, 5.41) is -0.000695. The second kappa shape index (κ2) is 13.8. The minimum Gasteiger partial charge on any atom is -0.490 e. The van der Waals surface area contributed by atoms with Gasteiger partial charge in [0.05, 0.1) is 23.6 Å². The Kier molecular flexibility index (Phi) is 9.93. The number of halogens is 1. The molecule has 9 nitrogen and oxygen atoms in total. The molecule has 1 saturated carbocycles. The maximum atomic E-state index is 13.5. The minimum absolute atomic E-state index is 0.0184. The van der Waals surface area contributed by atoms with Crippen LogP contribution in [0.15, 0.2) is 48.6 Å². The van der Waals surface area contributed by atoms with Crippen molar-refractivity contribution in [3.8, 4) is 5.75 Å². The Hall–Kier alpha value is -3.08. The second-order valence-electron chi connectivity index (χ2n) is 13.9. The van der Waals surface area contributed by atoms with E-state index in [0.29, 0.717) is 44.7 Å². The molecule has 0 aromatic heterocycles. The van der Waals surface area contributed by atoms with E-state index < -0.39 is 21.2 Å². The summed E-state index contributed by atoms with van der Waals surface area (Å²) in [6.45, 7) is 3.68. The van der Waals surface area contributed by atoms with Crippen LogP contribution in [0.1, 0.15) is 73.4 Å². The van der Waals surface area contributed by atoms with E-state index in [0.717, 1.165) is 42.8 Å². The second-order valence-corrected chi connectivity index (χ2v) is 16.3. The molecule has 11 heteroatoms. The molecule has 254 valence electrons. The maximum absolute atomic E-state index is 13.5. The summed E-state index contributed by atoms with van der Waals surface area (Å²) in [6.07, 6.45) is 9.88. The van der Waals surface area contributed by atoms with Gasteiger partial charge in [0.2, 0.25) is 15.9 Å². The Morgan fingerprint density at radius 1 is 1.17 bits per heavy atom. The number of likely N-dealkylation sites (N-methyl/N-ethyl adjacent to an activating group) is 1. The summed E-state index contributed by atoms with van der Waals surface area (Å²) in [4.78, 5) is 29.9. The first-order valence-electron chi connectivity index (χ1n) is 16.8. The fraction of sp³-hybridized carbons (Fsp3) is 0.556. The van der Waals surface area contributed by atoms with Gasteiger partial charge in [-0.2, -0.15) is 0 Å². The molecular formula is C36H46ClN3O6S. The highest BCUT2D eigenvalue weighted by Gasteiger charge is 2.44. The summed E-state index contributed by atoms with van der Waals surface area (Å²) >= 11 is 6.43. The van der Waals surface area contributed by atoms with E-state index in [1.165, 1.54) is 16.0 Å². The lowest BCUT2D eigenvalue weighted by molar-refractivity contribution is -0.137.